The molecule has 2 N–H and O–H groups in total. The number of hydrogen-bond donors (Lipinski definition) is 2. The second-order valence-corrected chi connectivity index (χ2v) is 7.63. The molecule has 1 amide bonds. The SMILES string of the molecule is CCn1c(NNC(=O)/C=C/c2ccc(-c3ccccc3)s2)nc2ccccc2c1=O. The van der Waals surface area contributed by atoms with Crippen LogP contribution in [0.2, 0.25) is 0 Å². The Morgan fingerprint density at radius 3 is 2.63 bits per heavy atom. The third-order valence-electron chi connectivity index (χ3n) is 4.56. The monoisotopic (exact) mass is 416 g/mol. The zero-order valence-electron chi connectivity index (χ0n) is 16.3. The molecule has 0 unspecified atom stereocenters. The molecular weight excluding hydrogens is 396 g/mol. The number of hydrogen-bond acceptors (Lipinski definition) is 5. The summed E-state index contributed by atoms with van der Waals surface area (Å²) in [4.78, 5) is 31.4. The lowest BCUT2D eigenvalue weighted by Crippen LogP contribution is -2.33. The number of benzene rings is 2. The predicted molar refractivity (Wildman–Crippen MR) is 122 cm³/mol. The van der Waals surface area contributed by atoms with Gasteiger partial charge >= 0.3 is 0 Å². The minimum absolute atomic E-state index is 0.151. The summed E-state index contributed by atoms with van der Waals surface area (Å²) in [5, 5.41) is 0.544. The number of amides is 1. The summed E-state index contributed by atoms with van der Waals surface area (Å²) < 4.78 is 1.48. The van der Waals surface area contributed by atoms with Gasteiger partial charge in [0.05, 0.1) is 10.9 Å². The second-order valence-electron chi connectivity index (χ2n) is 6.52. The van der Waals surface area contributed by atoms with Crippen LogP contribution in [0.1, 0.15) is 11.8 Å². The minimum Gasteiger partial charge on any atom is -0.277 e. The Hall–Kier alpha value is -3.71. The van der Waals surface area contributed by atoms with Crippen LogP contribution >= 0.6 is 11.3 Å². The highest BCUT2D eigenvalue weighted by Gasteiger charge is 2.09. The molecule has 0 saturated heterocycles. The Balaban J connectivity index is 1.45. The molecule has 0 bridgehead atoms. The topological polar surface area (TPSA) is 76.0 Å². The van der Waals surface area contributed by atoms with Gasteiger partial charge in [0, 0.05) is 22.4 Å². The zero-order valence-corrected chi connectivity index (χ0v) is 17.1. The van der Waals surface area contributed by atoms with E-state index in [2.05, 4.69) is 28.0 Å². The molecule has 0 aliphatic heterocycles. The third-order valence-corrected chi connectivity index (χ3v) is 5.66. The van der Waals surface area contributed by atoms with Crippen molar-refractivity contribution in [2.45, 2.75) is 13.5 Å². The van der Waals surface area contributed by atoms with Crippen LogP contribution in [-0.2, 0) is 11.3 Å². The Bertz CT molecular complexity index is 1280. The highest BCUT2D eigenvalue weighted by Crippen LogP contribution is 2.28. The van der Waals surface area contributed by atoms with Crippen molar-refractivity contribution in [3.05, 3.63) is 88.0 Å². The first-order valence-electron chi connectivity index (χ1n) is 9.54. The fourth-order valence-corrected chi connectivity index (χ4v) is 3.99. The molecule has 0 fully saturated rings. The number of nitrogens with one attached hydrogen (secondary N) is 2. The van der Waals surface area contributed by atoms with Crippen molar-refractivity contribution in [2.24, 2.45) is 0 Å². The van der Waals surface area contributed by atoms with Gasteiger partial charge in [-0.25, -0.2) is 4.98 Å². The lowest BCUT2D eigenvalue weighted by Gasteiger charge is -2.13. The van der Waals surface area contributed by atoms with Crippen LogP contribution in [0.25, 0.3) is 27.4 Å². The first-order chi connectivity index (χ1) is 14.7. The second kappa shape index (κ2) is 8.75. The molecule has 2 aromatic heterocycles. The number of anilines is 1. The van der Waals surface area contributed by atoms with E-state index in [1.54, 1.807) is 35.6 Å². The van der Waals surface area contributed by atoms with Crippen LogP contribution < -0.4 is 16.4 Å². The summed E-state index contributed by atoms with van der Waals surface area (Å²) in [6, 6.07) is 21.2. The maximum atomic E-state index is 12.6. The summed E-state index contributed by atoms with van der Waals surface area (Å²) in [6.07, 6.45) is 3.21. The van der Waals surface area contributed by atoms with Gasteiger partial charge in [-0.05, 0) is 42.8 Å². The van der Waals surface area contributed by atoms with Crippen molar-refractivity contribution in [3.63, 3.8) is 0 Å². The largest absolute Gasteiger partial charge is 0.277 e. The molecule has 4 rings (SSSR count). The van der Waals surface area contributed by atoms with E-state index in [-0.39, 0.29) is 11.5 Å². The smallest absolute Gasteiger partial charge is 0.262 e. The van der Waals surface area contributed by atoms with E-state index in [1.165, 1.54) is 10.6 Å². The van der Waals surface area contributed by atoms with Gasteiger partial charge in [-0.2, -0.15) is 0 Å². The Labute approximate surface area is 177 Å². The number of hydrazine groups is 1. The molecule has 0 radical (unpaired) electrons. The van der Waals surface area contributed by atoms with Crippen molar-refractivity contribution in [3.8, 4) is 10.4 Å². The van der Waals surface area contributed by atoms with Crippen LogP contribution in [-0.4, -0.2) is 15.5 Å². The number of aromatic nitrogens is 2. The molecule has 6 nitrogen and oxygen atoms in total. The maximum Gasteiger partial charge on any atom is 0.262 e. The summed E-state index contributed by atoms with van der Waals surface area (Å²) in [6.45, 7) is 2.29. The molecule has 2 aromatic carbocycles. The number of nitrogens with zero attached hydrogens (tertiary/aromatic N) is 2. The van der Waals surface area contributed by atoms with Gasteiger partial charge in [-0.1, -0.05) is 42.5 Å². The highest BCUT2D eigenvalue weighted by molar-refractivity contribution is 7.16. The number of para-hydroxylation sites is 1. The van der Waals surface area contributed by atoms with Crippen molar-refractivity contribution in [1.29, 1.82) is 0 Å². The van der Waals surface area contributed by atoms with Crippen molar-refractivity contribution in [2.75, 3.05) is 5.43 Å². The Morgan fingerprint density at radius 1 is 1.07 bits per heavy atom. The molecule has 150 valence electrons. The number of fused-ring (bicyclic) bond motifs is 1. The lowest BCUT2D eigenvalue weighted by atomic mass is 10.2. The maximum absolute atomic E-state index is 12.6. The summed E-state index contributed by atoms with van der Waals surface area (Å²) >= 11 is 1.61. The van der Waals surface area contributed by atoms with Gasteiger partial charge in [-0.3, -0.25) is 25.0 Å². The number of carbonyl (C=O) groups is 1. The van der Waals surface area contributed by atoms with Gasteiger partial charge in [-0.15, -0.1) is 11.3 Å². The molecule has 2 heterocycles. The van der Waals surface area contributed by atoms with Gasteiger partial charge in [0.15, 0.2) is 0 Å². The quantitative estimate of drug-likeness (QED) is 0.363. The number of carbonyl (C=O) groups excluding carboxylic acids is 1. The van der Waals surface area contributed by atoms with E-state index in [0.717, 1.165) is 15.3 Å². The summed E-state index contributed by atoms with van der Waals surface area (Å²) in [5.41, 5.74) is 6.92. The molecule has 4 aromatic rings. The first-order valence-corrected chi connectivity index (χ1v) is 10.4. The normalized spacial score (nSPS) is 11.1. The fraction of sp³-hybridized carbons (Fsp3) is 0.0870. The fourth-order valence-electron chi connectivity index (χ4n) is 3.07. The molecule has 0 atom stereocenters. The van der Waals surface area contributed by atoms with Crippen LogP contribution in [0.4, 0.5) is 5.95 Å². The van der Waals surface area contributed by atoms with E-state index in [4.69, 9.17) is 0 Å². The van der Waals surface area contributed by atoms with Crippen LogP contribution in [0.15, 0.2) is 77.6 Å². The molecule has 0 saturated carbocycles. The van der Waals surface area contributed by atoms with E-state index in [9.17, 15) is 9.59 Å². The summed E-state index contributed by atoms with van der Waals surface area (Å²) in [7, 11) is 0. The first kappa shape index (κ1) is 19.6. The number of rotatable bonds is 6. The van der Waals surface area contributed by atoms with Crippen LogP contribution in [0.3, 0.4) is 0 Å². The average Bonchev–Trinajstić information content (AvgIpc) is 3.26. The van der Waals surface area contributed by atoms with E-state index in [0.29, 0.717) is 23.4 Å². The lowest BCUT2D eigenvalue weighted by molar-refractivity contribution is -0.116. The molecule has 0 aliphatic carbocycles. The number of thiophene rings is 1. The predicted octanol–water partition coefficient (Wildman–Crippen LogP) is 4.30. The van der Waals surface area contributed by atoms with Gasteiger partial charge in [0.1, 0.15) is 0 Å². The van der Waals surface area contributed by atoms with Gasteiger partial charge < -0.3 is 0 Å². The van der Waals surface area contributed by atoms with Crippen molar-refractivity contribution >= 4 is 40.2 Å². The third kappa shape index (κ3) is 4.16. The summed E-state index contributed by atoms with van der Waals surface area (Å²) in [5.74, 6) is -0.0415. The standard InChI is InChI=1S/C23H20N4O2S/c1-2-27-22(29)18-10-6-7-11-19(18)24-23(27)26-25-21(28)15-13-17-12-14-20(30-17)16-8-4-3-5-9-16/h3-15H,2H2,1H3,(H,24,26)(H,25,28)/b15-13+. The van der Waals surface area contributed by atoms with Crippen molar-refractivity contribution < 1.29 is 4.79 Å². The van der Waals surface area contributed by atoms with Gasteiger partial charge in [0.2, 0.25) is 5.95 Å². The molecule has 7 heteroatoms. The molecule has 0 aliphatic rings. The van der Waals surface area contributed by atoms with E-state index >= 15 is 0 Å². The van der Waals surface area contributed by atoms with Crippen molar-refractivity contribution in [1.82, 2.24) is 15.0 Å². The minimum atomic E-state index is -0.338. The molecular formula is C23H20N4O2S. The van der Waals surface area contributed by atoms with E-state index < -0.39 is 0 Å². The zero-order chi connectivity index (χ0) is 20.9. The van der Waals surface area contributed by atoms with Crippen LogP contribution in [0.5, 0.6) is 0 Å². The van der Waals surface area contributed by atoms with Gasteiger partial charge in [0.25, 0.3) is 11.5 Å². The van der Waals surface area contributed by atoms with Crippen LogP contribution in [0, 0.1) is 0 Å². The highest BCUT2D eigenvalue weighted by atomic mass is 32.1. The Morgan fingerprint density at radius 2 is 1.83 bits per heavy atom. The van der Waals surface area contributed by atoms with E-state index in [1.807, 2.05) is 43.3 Å². The molecule has 30 heavy (non-hydrogen) atoms. The Kier molecular flexibility index (Phi) is 5.72. The average molecular weight is 417 g/mol. The molecule has 0 spiro atoms.